The van der Waals surface area contributed by atoms with E-state index >= 15 is 0 Å². The Hall–Kier alpha value is -2.78. The molecule has 2 rings (SSSR count). The summed E-state index contributed by atoms with van der Waals surface area (Å²) in [6.07, 6.45) is 0. The fourth-order valence-corrected chi connectivity index (χ4v) is 2.10. The van der Waals surface area contributed by atoms with Crippen molar-refractivity contribution in [2.45, 2.75) is 19.9 Å². The van der Waals surface area contributed by atoms with Gasteiger partial charge >= 0.3 is 0 Å². The van der Waals surface area contributed by atoms with Crippen molar-refractivity contribution in [3.05, 3.63) is 62.1 Å². The van der Waals surface area contributed by atoms with E-state index in [0.717, 1.165) is 0 Å². The summed E-state index contributed by atoms with van der Waals surface area (Å²) in [4.78, 5) is 34.9. The molecule has 134 valence electrons. The van der Waals surface area contributed by atoms with Gasteiger partial charge in [-0.05, 0) is 19.9 Å². The zero-order valence-electron chi connectivity index (χ0n) is 13.6. The van der Waals surface area contributed by atoms with Crippen LogP contribution in [0, 0.1) is 17.0 Å². The molecule has 1 amide bonds. The highest BCUT2D eigenvalue weighted by Crippen LogP contribution is 2.22. The van der Waals surface area contributed by atoms with Crippen LogP contribution in [0.15, 0.2) is 35.1 Å². The Labute approximate surface area is 149 Å². The number of aromatic nitrogens is 2. The van der Waals surface area contributed by atoms with Gasteiger partial charge in [0.1, 0.15) is 5.69 Å². The van der Waals surface area contributed by atoms with Crippen molar-refractivity contribution in [2.24, 2.45) is 5.73 Å². The summed E-state index contributed by atoms with van der Waals surface area (Å²) in [6.45, 7) is 3.47. The highest BCUT2D eigenvalue weighted by molar-refractivity contribution is 5.92. The van der Waals surface area contributed by atoms with Crippen LogP contribution in [0.5, 0.6) is 0 Å². The number of para-hydroxylation sites is 2. The predicted octanol–water partition coefficient (Wildman–Crippen LogP) is 0.948. The zero-order valence-corrected chi connectivity index (χ0v) is 14.4. The summed E-state index contributed by atoms with van der Waals surface area (Å²) in [6, 6.07) is 6.83. The van der Waals surface area contributed by atoms with E-state index in [1.807, 2.05) is 0 Å². The molecule has 0 fully saturated rings. The molecule has 25 heavy (non-hydrogen) atoms. The second kappa shape index (κ2) is 8.36. The number of carbonyl (C=O) groups is 1. The maximum Gasteiger partial charge on any atom is 0.294 e. The molecule has 9 nitrogen and oxygen atoms in total. The summed E-state index contributed by atoms with van der Waals surface area (Å²) < 4.78 is 1.21. The number of nitro groups is 1. The van der Waals surface area contributed by atoms with E-state index in [2.05, 4.69) is 10.4 Å². The van der Waals surface area contributed by atoms with Gasteiger partial charge in [-0.1, -0.05) is 12.1 Å². The van der Waals surface area contributed by atoms with Gasteiger partial charge in [-0.3, -0.25) is 19.7 Å². The minimum absolute atomic E-state index is 0. The lowest BCUT2D eigenvalue weighted by Crippen LogP contribution is -2.40. The van der Waals surface area contributed by atoms with Crippen LogP contribution in [0.4, 0.5) is 5.69 Å². The standard InChI is InChI=1S/C15H17N5O4.ClH/c1-9(8-16)17-15(22)14-13(21)7-10(2)19(18-14)11-5-3-4-6-12(11)20(23)24;/h3-7,9H,8,16H2,1-2H3,(H,17,22);1H/t9-;/m0./s1. The number of nitrogens with one attached hydrogen (secondary N) is 1. The molecule has 2 aromatic rings. The molecule has 0 radical (unpaired) electrons. The normalized spacial score (nSPS) is 11.3. The molecule has 1 aromatic heterocycles. The van der Waals surface area contributed by atoms with E-state index in [1.54, 1.807) is 19.9 Å². The second-order valence-electron chi connectivity index (χ2n) is 5.27. The van der Waals surface area contributed by atoms with Gasteiger partial charge in [0.05, 0.1) is 4.92 Å². The van der Waals surface area contributed by atoms with E-state index in [1.165, 1.54) is 28.9 Å². The molecule has 10 heteroatoms. The summed E-state index contributed by atoms with van der Waals surface area (Å²) in [5.41, 5.74) is 4.89. The summed E-state index contributed by atoms with van der Waals surface area (Å²) in [7, 11) is 0. The number of halogens is 1. The van der Waals surface area contributed by atoms with E-state index in [4.69, 9.17) is 5.73 Å². The topological polar surface area (TPSA) is 133 Å². The van der Waals surface area contributed by atoms with E-state index in [0.29, 0.717) is 5.69 Å². The van der Waals surface area contributed by atoms with Gasteiger partial charge < -0.3 is 11.1 Å². The maximum atomic E-state index is 12.2. The molecule has 1 aromatic carbocycles. The Kier molecular flexibility index (Phi) is 6.77. The summed E-state index contributed by atoms with van der Waals surface area (Å²) in [5, 5.41) is 17.8. The molecule has 0 aliphatic carbocycles. The minimum atomic E-state index is -0.676. The Morgan fingerprint density at radius 3 is 2.68 bits per heavy atom. The Bertz CT molecular complexity index is 852. The number of hydrogen-bond acceptors (Lipinski definition) is 6. The largest absolute Gasteiger partial charge is 0.347 e. The van der Waals surface area contributed by atoms with Crippen LogP contribution in [0.25, 0.3) is 5.69 Å². The molecule has 0 aliphatic heterocycles. The Balaban J connectivity index is 0.00000312. The highest BCUT2D eigenvalue weighted by atomic mass is 35.5. The van der Waals surface area contributed by atoms with Crippen LogP contribution in [0.1, 0.15) is 23.1 Å². The third-order valence-corrected chi connectivity index (χ3v) is 3.36. The molecule has 0 aliphatic rings. The van der Waals surface area contributed by atoms with Crippen LogP contribution in [-0.4, -0.2) is 33.2 Å². The van der Waals surface area contributed by atoms with Gasteiger partial charge in [0, 0.05) is 30.4 Å². The van der Waals surface area contributed by atoms with Crippen LogP contribution in [0.2, 0.25) is 0 Å². The SMILES string of the molecule is Cc1cc(=O)c(C(=O)N[C@@H](C)CN)nn1-c1ccccc1[N+](=O)[O-].Cl. The number of nitrogens with two attached hydrogens (primary N) is 1. The monoisotopic (exact) mass is 367 g/mol. The van der Waals surface area contributed by atoms with Crippen molar-refractivity contribution in [1.82, 2.24) is 15.1 Å². The van der Waals surface area contributed by atoms with Gasteiger partial charge in [0.15, 0.2) is 5.69 Å². The first kappa shape index (κ1) is 20.3. The highest BCUT2D eigenvalue weighted by Gasteiger charge is 2.20. The van der Waals surface area contributed by atoms with Crippen LogP contribution in [-0.2, 0) is 0 Å². The molecule has 1 atom stereocenters. The number of carbonyl (C=O) groups excluding carboxylic acids is 1. The smallest absolute Gasteiger partial charge is 0.294 e. The van der Waals surface area contributed by atoms with Crippen molar-refractivity contribution < 1.29 is 9.72 Å². The quantitative estimate of drug-likeness (QED) is 0.597. The van der Waals surface area contributed by atoms with Gasteiger partial charge in [-0.2, -0.15) is 5.10 Å². The average molecular weight is 368 g/mol. The van der Waals surface area contributed by atoms with Crippen molar-refractivity contribution in [3.8, 4) is 5.69 Å². The summed E-state index contributed by atoms with van der Waals surface area (Å²) >= 11 is 0. The minimum Gasteiger partial charge on any atom is -0.347 e. The first-order valence-electron chi connectivity index (χ1n) is 7.21. The van der Waals surface area contributed by atoms with Crippen LogP contribution >= 0.6 is 12.4 Å². The van der Waals surface area contributed by atoms with Gasteiger partial charge in [0.25, 0.3) is 11.6 Å². The van der Waals surface area contributed by atoms with Crippen molar-refractivity contribution in [3.63, 3.8) is 0 Å². The maximum absolute atomic E-state index is 12.2. The Morgan fingerprint density at radius 1 is 1.44 bits per heavy atom. The second-order valence-corrected chi connectivity index (χ2v) is 5.27. The van der Waals surface area contributed by atoms with Crippen molar-refractivity contribution >= 4 is 24.0 Å². The predicted molar refractivity (Wildman–Crippen MR) is 94.5 cm³/mol. The zero-order chi connectivity index (χ0) is 17.9. The van der Waals surface area contributed by atoms with Crippen LogP contribution < -0.4 is 16.5 Å². The molecule has 1 heterocycles. The van der Waals surface area contributed by atoms with Crippen molar-refractivity contribution in [2.75, 3.05) is 6.54 Å². The van der Waals surface area contributed by atoms with E-state index in [-0.39, 0.29) is 42.1 Å². The van der Waals surface area contributed by atoms with Crippen molar-refractivity contribution in [1.29, 1.82) is 0 Å². The lowest BCUT2D eigenvalue weighted by molar-refractivity contribution is -0.384. The van der Waals surface area contributed by atoms with Gasteiger partial charge in [-0.15, -0.1) is 12.4 Å². The van der Waals surface area contributed by atoms with E-state index < -0.39 is 16.3 Å². The molecule has 0 bridgehead atoms. The molecular formula is C15H18ClN5O4. The molecule has 3 N–H and O–H groups in total. The third-order valence-electron chi connectivity index (χ3n) is 3.36. The van der Waals surface area contributed by atoms with Gasteiger partial charge in [-0.25, -0.2) is 4.68 Å². The Morgan fingerprint density at radius 2 is 2.08 bits per heavy atom. The first-order valence-corrected chi connectivity index (χ1v) is 7.21. The number of amides is 1. The summed E-state index contributed by atoms with van der Waals surface area (Å²) in [5.74, 6) is -0.676. The first-order chi connectivity index (χ1) is 11.3. The number of nitrogens with zero attached hydrogens (tertiary/aromatic N) is 3. The third kappa shape index (κ3) is 4.40. The molecular weight excluding hydrogens is 350 g/mol. The number of rotatable bonds is 5. The number of aryl methyl sites for hydroxylation is 1. The number of benzene rings is 1. The molecule has 0 spiro atoms. The number of nitro benzene ring substituents is 1. The fourth-order valence-electron chi connectivity index (χ4n) is 2.10. The molecule has 0 saturated heterocycles. The lowest BCUT2D eigenvalue weighted by atomic mass is 10.2. The molecule has 0 saturated carbocycles. The average Bonchev–Trinajstić information content (AvgIpc) is 2.54. The van der Waals surface area contributed by atoms with E-state index in [9.17, 15) is 19.7 Å². The fraction of sp³-hybridized carbons (Fsp3) is 0.267. The van der Waals surface area contributed by atoms with Gasteiger partial charge in [0.2, 0.25) is 5.43 Å². The lowest BCUT2D eigenvalue weighted by Gasteiger charge is -2.13. The molecule has 0 unspecified atom stereocenters. The number of hydrogen-bond donors (Lipinski definition) is 2. The van der Waals surface area contributed by atoms with Crippen LogP contribution in [0.3, 0.4) is 0 Å².